The molecule has 3 fully saturated rings. The average Bonchev–Trinajstić information content (AvgIpc) is 3.07. The van der Waals surface area contributed by atoms with E-state index in [1.54, 1.807) is 12.7 Å². The van der Waals surface area contributed by atoms with Crippen LogP contribution in [0.15, 0.2) is 16.8 Å². The third-order valence-electron chi connectivity index (χ3n) is 10.5. The van der Waals surface area contributed by atoms with Crippen LogP contribution < -0.4 is 0 Å². The van der Waals surface area contributed by atoms with Gasteiger partial charge in [0.1, 0.15) is 7.11 Å². The van der Waals surface area contributed by atoms with Gasteiger partial charge < -0.3 is 18.1 Å². The molecule has 4 rings (SSSR count). The molecule has 7 atom stereocenters. The fourth-order valence-corrected chi connectivity index (χ4v) is 12.4. The lowest BCUT2D eigenvalue weighted by Gasteiger charge is -2.62. The maximum atomic E-state index is 7.52. The largest absolute Gasteiger partial charge is 0.415 e. The van der Waals surface area contributed by atoms with Crippen molar-refractivity contribution in [1.82, 2.24) is 0 Å². The molecule has 0 spiro atoms. The molecule has 39 heavy (non-hydrogen) atoms. The zero-order chi connectivity index (χ0) is 29.1. The van der Waals surface area contributed by atoms with Gasteiger partial charge in [0.25, 0.3) is 0 Å². The monoisotopic (exact) mass is 593 g/mol. The molecule has 4 aliphatic rings. The first kappa shape index (κ1) is 31.7. The van der Waals surface area contributed by atoms with E-state index < -0.39 is 25.0 Å². The number of oxime groups is 1. The SMILES string of the molecule is CON=C1C=C2CC[C@@H]3[C@H](CC[C@@]4(C)[C@H]3CC[C@]4(O[Si](C)(C)C)[C@@H](CO[Si](C)(C)C)O[Si](C)(C)C)[C@@]2(C)CC1. The van der Waals surface area contributed by atoms with Crippen LogP contribution in [-0.2, 0) is 18.1 Å². The van der Waals surface area contributed by atoms with E-state index in [2.05, 4.69) is 84.0 Å². The van der Waals surface area contributed by atoms with Crippen molar-refractivity contribution >= 4 is 30.7 Å². The van der Waals surface area contributed by atoms with Crippen molar-refractivity contribution in [3.8, 4) is 0 Å². The standard InChI is InChI=1S/C31H59NO4Si3/c1-29-18-15-24(32-33-3)21-23(29)13-14-25-26(29)16-19-30(2)27(25)17-20-31(30,36-39(10,11)12)28(35-38(7,8)9)22-34-37(4,5)6/h21,25-28H,13-20,22H2,1-12H3/t25-,26+,27+,28-,29+,30+,31+/m1/s1. The topological polar surface area (TPSA) is 49.3 Å². The molecule has 3 saturated carbocycles. The molecule has 0 aromatic carbocycles. The quantitative estimate of drug-likeness (QED) is 0.198. The summed E-state index contributed by atoms with van der Waals surface area (Å²) in [7, 11) is -3.75. The maximum Gasteiger partial charge on any atom is 0.184 e. The third kappa shape index (κ3) is 6.26. The van der Waals surface area contributed by atoms with Crippen LogP contribution in [-0.4, -0.2) is 56.1 Å². The van der Waals surface area contributed by atoms with Crippen molar-refractivity contribution in [2.75, 3.05) is 13.7 Å². The van der Waals surface area contributed by atoms with E-state index in [1.807, 2.05) is 0 Å². The molecule has 0 bridgehead atoms. The first-order chi connectivity index (χ1) is 17.8. The predicted octanol–water partition coefficient (Wildman–Crippen LogP) is 8.61. The summed E-state index contributed by atoms with van der Waals surface area (Å²) < 4.78 is 21.4. The first-order valence-electron chi connectivity index (χ1n) is 15.7. The van der Waals surface area contributed by atoms with Gasteiger partial charge in [0.15, 0.2) is 25.0 Å². The molecule has 0 N–H and O–H groups in total. The fourth-order valence-electron chi connectivity index (χ4n) is 9.12. The summed E-state index contributed by atoms with van der Waals surface area (Å²) in [5.74, 6) is 2.18. The van der Waals surface area contributed by atoms with E-state index in [9.17, 15) is 0 Å². The van der Waals surface area contributed by atoms with Crippen molar-refractivity contribution < 1.29 is 18.1 Å². The lowest BCUT2D eigenvalue weighted by Crippen LogP contribution is -2.65. The van der Waals surface area contributed by atoms with Gasteiger partial charge in [-0.2, -0.15) is 0 Å². The van der Waals surface area contributed by atoms with Gasteiger partial charge in [-0.25, -0.2) is 0 Å². The van der Waals surface area contributed by atoms with E-state index in [-0.39, 0.29) is 22.5 Å². The van der Waals surface area contributed by atoms with E-state index in [0.29, 0.717) is 12.5 Å². The van der Waals surface area contributed by atoms with E-state index in [4.69, 9.17) is 18.1 Å². The Labute approximate surface area is 243 Å². The Morgan fingerprint density at radius 3 is 2.10 bits per heavy atom. The molecule has 0 radical (unpaired) electrons. The molecule has 0 unspecified atom stereocenters. The highest BCUT2D eigenvalue weighted by molar-refractivity contribution is 6.70. The molecular formula is C31H59NO4Si3. The number of rotatable bonds is 9. The smallest absolute Gasteiger partial charge is 0.184 e. The minimum Gasteiger partial charge on any atom is -0.415 e. The average molecular weight is 594 g/mol. The van der Waals surface area contributed by atoms with Crippen molar-refractivity contribution in [3.05, 3.63) is 11.6 Å². The van der Waals surface area contributed by atoms with E-state index in [0.717, 1.165) is 30.4 Å². The summed E-state index contributed by atoms with van der Waals surface area (Å²) in [4.78, 5) is 5.15. The van der Waals surface area contributed by atoms with Crippen LogP contribution >= 0.6 is 0 Å². The van der Waals surface area contributed by atoms with Crippen LogP contribution in [0, 0.1) is 28.6 Å². The first-order valence-corrected chi connectivity index (χ1v) is 25.9. The van der Waals surface area contributed by atoms with Gasteiger partial charge in [-0.1, -0.05) is 24.6 Å². The minimum absolute atomic E-state index is 0.00583. The van der Waals surface area contributed by atoms with Crippen LogP contribution in [0.5, 0.6) is 0 Å². The fraction of sp³-hybridized carbons (Fsp3) is 0.903. The molecule has 4 aliphatic carbocycles. The third-order valence-corrected chi connectivity index (χ3v) is 13.5. The van der Waals surface area contributed by atoms with Crippen LogP contribution in [0.2, 0.25) is 58.9 Å². The summed E-state index contributed by atoms with van der Waals surface area (Å²) in [5, 5.41) is 4.32. The second kappa shape index (κ2) is 10.8. The molecule has 5 nitrogen and oxygen atoms in total. The second-order valence-corrected chi connectivity index (χ2v) is 29.9. The van der Waals surface area contributed by atoms with Crippen LogP contribution in [0.3, 0.4) is 0 Å². The van der Waals surface area contributed by atoms with Gasteiger partial charge in [0.2, 0.25) is 0 Å². The van der Waals surface area contributed by atoms with E-state index in [1.165, 1.54) is 38.5 Å². The van der Waals surface area contributed by atoms with Crippen LogP contribution in [0.25, 0.3) is 0 Å². The highest BCUT2D eigenvalue weighted by Gasteiger charge is 2.68. The number of hydrogen-bond acceptors (Lipinski definition) is 5. The molecule has 0 heterocycles. The maximum absolute atomic E-state index is 7.52. The molecule has 0 aromatic rings. The van der Waals surface area contributed by atoms with Gasteiger partial charge >= 0.3 is 0 Å². The van der Waals surface area contributed by atoms with Crippen molar-refractivity contribution in [2.45, 2.75) is 136 Å². The molecular weight excluding hydrogens is 535 g/mol. The Bertz CT molecular complexity index is 964. The highest BCUT2D eigenvalue weighted by Crippen LogP contribution is 2.69. The molecule has 224 valence electrons. The van der Waals surface area contributed by atoms with Crippen molar-refractivity contribution in [1.29, 1.82) is 0 Å². The van der Waals surface area contributed by atoms with Crippen LogP contribution in [0.1, 0.15) is 65.2 Å². The summed E-state index contributed by atoms with van der Waals surface area (Å²) in [6.07, 6.45) is 12.0. The lowest BCUT2D eigenvalue weighted by atomic mass is 9.46. The molecule has 0 aromatic heterocycles. The summed E-state index contributed by atoms with van der Waals surface area (Å²) in [5.41, 5.74) is 2.88. The van der Waals surface area contributed by atoms with Gasteiger partial charge in [0.05, 0.1) is 24.0 Å². The predicted molar refractivity (Wildman–Crippen MR) is 171 cm³/mol. The second-order valence-electron chi connectivity index (χ2n) is 16.5. The summed E-state index contributed by atoms with van der Waals surface area (Å²) in [6, 6.07) is 0. The normalized spacial score (nSPS) is 39.0. The Morgan fingerprint density at radius 2 is 1.51 bits per heavy atom. The summed E-state index contributed by atoms with van der Waals surface area (Å²) >= 11 is 0. The Balaban J connectivity index is 1.72. The van der Waals surface area contributed by atoms with Gasteiger partial charge in [-0.15, -0.1) is 0 Å². The molecule has 0 aliphatic heterocycles. The zero-order valence-corrected chi connectivity index (χ0v) is 30.3. The summed E-state index contributed by atoms with van der Waals surface area (Å²) in [6.45, 7) is 26.9. The molecule has 0 saturated heterocycles. The Kier molecular flexibility index (Phi) is 8.76. The van der Waals surface area contributed by atoms with Gasteiger partial charge in [-0.3, -0.25) is 0 Å². The van der Waals surface area contributed by atoms with Crippen LogP contribution in [0.4, 0.5) is 0 Å². The number of fused-ring (bicyclic) bond motifs is 5. The van der Waals surface area contributed by atoms with Gasteiger partial charge in [0, 0.05) is 5.41 Å². The van der Waals surface area contributed by atoms with Gasteiger partial charge in [-0.05, 0) is 140 Å². The highest BCUT2D eigenvalue weighted by atomic mass is 28.4. The number of nitrogens with zero attached hydrogens (tertiary/aromatic N) is 1. The Morgan fingerprint density at radius 1 is 0.846 bits per heavy atom. The lowest BCUT2D eigenvalue weighted by molar-refractivity contribution is -0.167. The minimum atomic E-state index is -1.88. The Hall–Kier alpha value is -0.259. The van der Waals surface area contributed by atoms with Crippen molar-refractivity contribution in [2.24, 2.45) is 33.7 Å². The molecule has 0 amide bonds. The number of hydrogen-bond donors (Lipinski definition) is 0. The van der Waals surface area contributed by atoms with E-state index >= 15 is 0 Å². The van der Waals surface area contributed by atoms with Crippen molar-refractivity contribution in [3.63, 3.8) is 0 Å². The zero-order valence-electron chi connectivity index (χ0n) is 27.3. The number of allylic oxidation sites excluding steroid dienone is 2. The molecule has 8 heteroatoms.